The quantitative estimate of drug-likeness (QED) is 0.173. The number of β-amino-alcohol motifs (C(OH)–C–C–N with tert-alkyl or cyclic N) is 1. The number of phenols is 1. The van der Waals surface area contributed by atoms with Gasteiger partial charge in [0, 0.05) is 25.0 Å². The zero-order valence-corrected chi connectivity index (χ0v) is 21.2. The molecule has 0 saturated heterocycles. The smallest absolute Gasteiger partial charge is 0.138 e. The van der Waals surface area contributed by atoms with Gasteiger partial charge in [0.25, 0.3) is 0 Å². The summed E-state index contributed by atoms with van der Waals surface area (Å²) in [7, 11) is 0. The molecule has 4 rings (SSSR count). The predicted octanol–water partition coefficient (Wildman–Crippen LogP) is 5.31. The van der Waals surface area contributed by atoms with Gasteiger partial charge < -0.3 is 30.6 Å². The highest BCUT2D eigenvalue weighted by atomic mass is 16.5. The number of nitrogens with one attached hydrogen (secondary N) is 3. The number of para-hydroxylation sites is 2. The van der Waals surface area contributed by atoms with Crippen molar-refractivity contribution in [3.05, 3.63) is 83.7 Å². The average molecular weight is 489 g/mol. The molecule has 36 heavy (non-hydrogen) atoms. The van der Waals surface area contributed by atoms with Gasteiger partial charge in [0.2, 0.25) is 0 Å². The number of hydrogen-bond acceptors (Lipinski definition) is 6. The van der Waals surface area contributed by atoms with Crippen LogP contribution in [0.2, 0.25) is 0 Å². The van der Waals surface area contributed by atoms with Crippen LogP contribution in [0.1, 0.15) is 50.2 Å². The average Bonchev–Trinajstić information content (AvgIpc) is 3.30. The number of ether oxygens (including phenoxy) is 1. The van der Waals surface area contributed by atoms with Gasteiger partial charge in [-0.05, 0) is 74.7 Å². The van der Waals surface area contributed by atoms with Crippen molar-refractivity contribution in [2.24, 2.45) is 0 Å². The number of phenolic OH excluding ortho intramolecular Hbond substituents is 1. The van der Waals surface area contributed by atoms with Gasteiger partial charge >= 0.3 is 0 Å². The van der Waals surface area contributed by atoms with Crippen LogP contribution in [0, 0.1) is 0 Å². The van der Waals surface area contributed by atoms with Gasteiger partial charge in [-0.1, -0.05) is 30.3 Å². The fourth-order valence-corrected chi connectivity index (χ4v) is 4.10. The Kier molecular flexibility index (Phi) is 8.13. The number of rotatable bonds is 12. The summed E-state index contributed by atoms with van der Waals surface area (Å²) < 4.78 is 5.48. The molecule has 0 radical (unpaired) electrons. The molecule has 5 N–H and O–H groups in total. The standard InChI is InChI=1S/C29H36N4O3/c1-4-36-22-12-9-20(10-13-22)18-30-25-17-21(11-14-26(25)34)27(35)19-31-29(2,3)16-15-28-32-23-7-5-6-8-24(23)33-28/h5-14,17,27,30-31,34-35H,4,15-16,18-19H2,1-3H3,(H,32,33). The predicted molar refractivity (Wildman–Crippen MR) is 145 cm³/mol. The van der Waals surface area contributed by atoms with E-state index in [4.69, 9.17) is 4.74 Å². The first-order valence-corrected chi connectivity index (χ1v) is 12.5. The number of nitrogens with zero attached hydrogens (tertiary/aromatic N) is 1. The normalized spacial score (nSPS) is 12.6. The zero-order valence-electron chi connectivity index (χ0n) is 21.2. The molecule has 190 valence electrons. The van der Waals surface area contributed by atoms with Crippen LogP contribution in [0.25, 0.3) is 11.0 Å². The lowest BCUT2D eigenvalue weighted by molar-refractivity contribution is 0.159. The topological polar surface area (TPSA) is 102 Å². The third-order valence-corrected chi connectivity index (χ3v) is 6.32. The summed E-state index contributed by atoms with van der Waals surface area (Å²) in [6.45, 7) is 7.79. The maximum atomic E-state index is 10.8. The molecule has 1 unspecified atom stereocenters. The Labute approximate surface area is 212 Å². The molecule has 1 atom stereocenters. The number of aromatic amines is 1. The SMILES string of the molecule is CCOc1ccc(CNc2cc(C(O)CNC(C)(C)CCc3nc4ccccc4[nH]3)ccc2O)cc1. The Morgan fingerprint density at radius 2 is 1.83 bits per heavy atom. The van der Waals surface area contributed by atoms with E-state index in [2.05, 4.69) is 34.4 Å². The number of H-pyrrole nitrogens is 1. The minimum Gasteiger partial charge on any atom is -0.506 e. The molecule has 7 heteroatoms. The number of aromatic hydroxyl groups is 1. The molecule has 1 heterocycles. The van der Waals surface area contributed by atoms with E-state index in [1.165, 1.54) is 0 Å². The highest BCUT2D eigenvalue weighted by molar-refractivity contribution is 5.74. The van der Waals surface area contributed by atoms with Gasteiger partial charge in [-0.15, -0.1) is 0 Å². The first kappa shape index (κ1) is 25.5. The van der Waals surface area contributed by atoms with Gasteiger partial charge in [0.05, 0.1) is 29.4 Å². The molecule has 0 aliphatic heterocycles. The minimum absolute atomic E-state index is 0.149. The van der Waals surface area contributed by atoms with E-state index in [0.717, 1.165) is 46.6 Å². The van der Waals surface area contributed by atoms with Crippen LogP contribution in [0.3, 0.4) is 0 Å². The molecule has 0 aliphatic carbocycles. The third kappa shape index (κ3) is 6.77. The number of anilines is 1. The number of aliphatic hydroxyl groups is 1. The van der Waals surface area contributed by atoms with E-state index in [-0.39, 0.29) is 11.3 Å². The Morgan fingerprint density at radius 1 is 1.06 bits per heavy atom. The summed E-state index contributed by atoms with van der Waals surface area (Å²) in [6.07, 6.45) is 0.968. The van der Waals surface area contributed by atoms with Crippen molar-refractivity contribution >= 4 is 16.7 Å². The summed E-state index contributed by atoms with van der Waals surface area (Å²) in [6, 6.07) is 21.1. The summed E-state index contributed by atoms with van der Waals surface area (Å²) in [5.41, 5.74) is 4.23. The number of aromatic nitrogens is 2. The van der Waals surface area contributed by atoms with E-state index in [1.54, 1.807) is 18.2 Å². The van der Waals surface area contributed by atoms with Crippen molar-refractivity contribution in [2.45, 2.75) is 51.8 Å². The number of hydrogen-bond donors (Lipinski definition) is 5. The second-order valence-corrected chi connectivity index (χ2v) is 9.69. The van der Waals surface area contributed by atoms with Crippen molar-refractivity contribution in [2.75, 3.05) is 18.5 Å². The molecule has 0 saturated carbocycles. The van der Waals surface area contributed by atoms with Crippen LogP contribution in [0.4, 0.5) is 5.69 Å². The maximum absolute atomic E-state index is 10.8. The van der Waals surface area contributed by atoms with Crippen LogP contribution in [-0.4, -0.2) is 38.9 Å². The molecule has 0 spiro atoms. The first-order valence-electron chi connectivity index (χ1n) is 12.5. The van der Waals surface area contributed by atoms with Crippen LogP contribution in [0.15, 0.2) is 66.7 Å². The second kappa shape index (κ2) is 11.5. The van der Waals surface area contributed by atoms with E-state index in [0.29, 0.717) is 25.4 Å². The molecule has 0 fully saturated rings. The van der Waals surface area contributed by atoms with Crippen LogP contribution in [-0.2, 0) is 13.0 Å². The van der Waals surface area contributed by atoms with E-state index in [1.807, 2.05) is 55.5 Å². The molecule has 4 aromatic rings. The van der Waals surface area contributed by atoms with Crippen molar-refractivity contribution < 1.29 is 14.9 Å². The number of fused-ring (bicyclic) bond motifs is 1. The monoisotopic (exact) mass is 488 g/mol. The third-order valence-electron chi connectivity index (χ3n) is 6.32. The molecule has 0 aliphatic rings. The Balaban J connectivity index is 1.30. The van der Waals surface area contributed by atoms with Crippen molar-refractivity contribution in [1.29, 1.82) is 0 Å². The number of imidazole rings is 1. The van der Waals surface area contributed by atoms with Gasteiger partial charge in [0.1, 0.15) is 17.3 Å². The largest absolute Gasteiger partial charge is 0.506 e. The van der Waals surface area contributed by atoms with E-state index >= 15 is 0 Å². The van der Waals surface area contributed by atoms with Gasteiger partial charge in [-0.2, -0.15) is 0 Å². The first-order chi connectivity index (χ1) is 17.3. The molecular weight excluding hydrogens is 452 g/mol. The molecule has 3 aromatic carbocycles. The lowest BCUT2D eigenvalue weighted by Gasteiger charge is -2.28. The van der Waals surface area contributed by atoms with Crippen molar-refractivity contribution in [3.8, 4) is 11.5 Å². The number of aliphatic hydroxyl groups excluding tert-OH is 1. The Bertz CT molecular complexity index is 1230. The van der Waals surface area contributed by atoms with Crippen LogP contribution in [0.5, 0.6) is 11.5 Å². The van der Waals surface area contributed by atoms with Gasteiger partial charge in [-0.25, -0.2) is 4.98 Å². The highest BCUT2D eigenvalue weighted by Crippen LogP contribution is 2.28. The van der Waals surface area contributed by atoms with Crippen LogP contribution < -0.4 is 15.4 Å². The zero-order chi connectivity index (χ0) is 25.5. The Morgan fingerprint density at radius 3 is 2.58 bits per heavy atom. The number of aryl methyl sites for hydroxylation is 1. The van der Waals surface area contributed by atoms with Crippen molar-refractivity contribution in [1.82, 2.24) is 15.3 Å². The second-order valence-electron chi connectivity index (χ2n) is 9.69. The van der Waals surface area contributed by atoms with Gasteiger partial charge in [-0.3, -0.25) is 0 Å². The molecule has 1 aromatic heterocycles. The Hall–Kier alpha value is -3.55. The fraction of sp³-hybridized carbons (Fsp3) is 0.345. The summed E-state index contributed by atoms with van der Waals surface area (Å²) in [4.78, 5) is 8.04. The maximum Gasteiger partial charge on any atom is 0.138 e. The van der Waals surface area contributed by atoms with Gasteiger partial charge in [0.15, 0.2) is 0 Å². The summed E-state index contributed by atoms with van der Waals surface area (Å²) >= 11 is 0. The minimum atomic E-state index is -0.706. The van der Waals surface area contributed by atoms with Crippen molar-refractivity contribution in [3.63, 3.8) is 0 Å². The fourth-order valence-electron chi connectivity index (χ4n) is 4.10. The summed E-state index contributed by atoms with van der Waals surface area (Å²) in [5.74, 6) is 1.95. The lowest BCUT2D eigenvalue weighted by Crippen LogP contribution is -2.42. The molecule has 7 nitrogen and oxygen atoms in total. The summed E-state index contributed by atoms with van der Waals surface area (Å²) in [5, 5.41) is 27.9. The van der Waals surface area contributed by atoms with Crippen LogP contribution >= 0.6 is 0 Å². The molecular formula is C29H36N4O3. The highest BCUT2D eigenvalue weighted by Gasteiger charge is 2.20. The number of benzene rings is 3. The van der Waals surface area contributed by atoms with E-state index in [9.17, 15) is 10.2 Å². The van der Waals surface area contributed by atoms with E-state index < -0.39 is 6.10 Å². The molecule has 0 bridgehead atoms. The molecule has 0 amide bonds. The lowest BCUT2D eigenvalue weighted by atomic mass is 9.97.